The highest BCUT2D eigenvalue weighted by Gasteiger charge is 2.19. The average molecular weight is 376 g/mol. The molecule has 0 saturated heterocycles. The van der Waals surface area contributed by atoms with Crippen molar-refractivity contribution in [3.05, 3.63) is 59.2 Å². The van der Waals surface area contributed by atoms with Crippen LogP contribution < -0.4 is 14.4 Å². The molecule has 1 N–H and O–H groups in total. The van der Waals surface area contributed by atoms with E-state index in [2.05, 4.69) is 5.32 Å². The number of hydrogen-bond donors (Lipinski definition) is 1. The summed E-state index contributed by atoms with van der Waals surface area (Å²) in [4.78, 5) is 12.4. The van der Waals surface area contributed by atoms with Gasteiger partial charge in [0.15, 0.2) is 0 Å². The van der Waals surface area contributed by atoms with Crippen molar-refractivity contribution in [1.82, 2.24) is 5.32 Å². The van der Waals surface area contributed by atoms with Crippen LogP contribution in [0.15, 0.2) is 42.5 Å². The van der Waals surface area contributed by atoms with Gasteiger partial charge >= 0.3 is 0 Å². The summed E-state index contributed by atoms with van der Waals surface area (Å²) < 4.78 is 30.3. The van der Waals surface area contributed by atoms with Crippen molar-refractivity contribution >= 4 is 21.6 Å². The Bertz CT molecular complexity index is 894. The van der Waals surface area contributed by atoms with Crippen LogP contribution in [0, 0.1) is 13.8 Å². The third-order valence-corrected chi connectivity index (χ3v) is 5.17. The smallest absolute Gasteiger partial charge is 0.253 e. The summed E-state index contributed by atoms with van der Waals surface area (Å²) in [6.07, 6.45) is 1.10. The van der Waals surface area contributed by atoms with E-state index in [0.717, 1.165) is 27.4 Å². The fourth-order valence-corrected chi connectivity index (χ4v) is 2.92. The van der Waals surface area contributed by atoms with Gasteiger partial charge in [0, 0.05) is 7.05 Å². The Kier molecular flexibility index (Phi) is 6.26. The second-order valence-electron chi connectivity index (χ2n) is 6.12. The average Bonchev–Trinajstić information content (AvgIpc) is 2.59. The third-order valence-electron chi connectivity index (χ3n) is 3.97. The van der Waals surface area contributed by atoms with E-state index in [1.54, 1.807) is 24.3 Å². The molecule has 140 valence electrons. The highest BCUT2D eigenvalue weighted by molar-refractivity contribution is 7.92. The topological polar surface area (TPSA) is 75.7 Å². The number of nitrogens with zero attached hydrogens (tertiary/aromatic N) is 1. The van der Waals surface area contributed by atoms with Crippen molar-refractivity contribution in [2.75, 3.05) is 30.8 Å². The van der Waals surface area contributed by atoms with Gasteiger partial charge in [0.25, 0.3) is 5.91 Å². The van der Waals surface area contributed by atoms with Gasteiger partial charge < -0.3 is 10.1 Å². The molecule has 0 heterocycles. The minimum absolute atomic E-state index is 0.298. The minimum atomic E-state index is -3.45. The number of hydrogen-bond acceptors (Lipinski definition) is 4. The van der Waals surface area contributed by atoms with Crippen LogP contribution >= 0.6 is 0 Å². The molecule has 1 amide bonds. The Morgan fingerprint density at radius 1 is 1.15 bits per heavy atom. The number of sulfonamides is 1. The molecular formula is C19H24N2O4S. The SMILES string of the molecule is Cc1ccc(C)c(OCCNC(=O)c2ccccc2N(C)S(C)(=O)=O)c1. The number of ether oxygens (including phenoxy) is 1. The summed E-state index contributed by atoms with van der Waals surface area (Å²) in [7, 11) is -2.03. The van der Waals surface area contributed by atoms with Gasteiger partial charge in [-0.25, -0.2) is 8.42 Å². The van der Waals surface area contributed by atoms with Crippen LogP contribution in [-0.2, 0) is 10.0 Å². The summed E-state index contributed by atoms with van der Waals surface area (Å²) in [6, 6.07) is 12.5. The number of amides is 1. The van der Waals surface area contributed by atoms with Crippen LogP contribution in [0.25, 0.3) is 0 Å². The number of anilines is 1. The van der Waals surface area contributed by atoms with Crippen LogP contribution in [0.1, 0.15) is 21.5 Å². The molecule has 0 aromatic heterocycles. The Labute approximate surface area is 154 Å². The highest BCUT2D eigenvalue weighted by Crippen LogP contribution is 2.21. The fourth-order valence-electron chi connectivity index (χ4n) is 2.40. The van der Waals surface area contributed by atoms with Crippen LogP contribution in [0.3, 0.4) is 0 Å². The van der Waals surface area contributed by atoms with E-state index in [9.17, 15) is 13.2 Å². The van der Waals surface area contributed by atoms with Crippen LogP contribution in [-0.4, -0.2) is 40.8 Å². The fraction of sp³-hybridized carbons (Fsp3) is 0.316. The number of benzene rings is 2. The summed E-state index contributed by atoms with van der Waals surface area (Å²) >= 11 is 0. The largest absolute Gasteiger partial charge is 0.491 e. The van der Waals surface area contributed by atoms with Crippen LogP contribution in [0.5, 0.6) is 5.75 Å². The van der Waals surface area contributed by atoms with Gasteiger partial charge in [0.05, 0.1) is 24.1 Å². The second-order valence-corrected chi connectivity index (χ2v) is 8.13. The number of nitrogens with one attached hydrogen (secondary N) is 1. The summed E-state index contributed by atoms with van der Waals surface area (Å²) in [5, 5.41) is 2.76. The molecule has 2 aromatic carbocycles. The normalized spacial score (nSPS) is 11.1. The molecule has 0 saturated carbocycles. The van der Waals surface area contributed by atoms with Gasteiger partial charge in [-0.3, -0.25) is 9.10 Å². The zero-order valence-electron chi connectivity index (χ0n) is 15.4. The lowest BCUT2D eigenvalue weighted by atomic mass is 10.1. The standard InChI is InChI=1S/C19H24N2O4S/c1-14-9-10-15(2)18(13-14)25-12-11-20-19(22)16-7-5-6-8-17(16)21(3)26(4,23)24/h5-10,13H,11-12H2,1-4H3,(H,20,22). The van der Waals surface area contributed by atoms with Crippen molar-refractivity contribution in [2.45, 2.75) is 13.8 Å². The maximum absolute atomic E-state index is 12.4. The number of carbonyl (C=O) groups excluding carboxylic acids is 1. The van der Waals surface area contributed by atoms with Gasteiger partial charge in [-0.15, -0.1) is 0 Å². The van der Waals surface area contributed by atoms with Crippen LogP contribution in [0.4, 0.5) is 5.69 Å². The van der Waals surface area contributed by atoms with Gasteiger partial charge in [-0.05, 0) is 43.2 Å². The van der Waals surface area contributed by atoms with E-state index in [1.807, 2.05) is 32.0 Å². The van der Waals surface area contributed by atoms with Crippen LogP contribution in [0.2, 0.25) is 0 Å². The van der Waals surface area contributed by atoms with Gasteiger partial charge in [0.1, 0.15) is 12.4 Å². The first kappa shape index (κ1) is 19.8. The predicted molar refractivity (Wildman–Crippen MR) is 103 cm³/mol. The van der Waals surface area contributed by atoms with Crippen molar-refractivity contribution in [1.29, 1.82) is 0 Å². The molecule has 2 rings (SSSR count). The molecule has 0 fully saturated rings. The number of aryl methyl sites for hydroxylation is 2. The van der Waals surface area contributed by atoms with E-state index in [-0.39, 0.29) is 5.91 Å². The predicted octanol–water partition coefficient (Wildman–Crippen LogP) is 2.51. The van der Waals surface area contributed by atoms with Crippen molar-refractivity contribution in [2.24, 2.45) is 0 Å². The van der Waals surface area contributed by atoms with Crippen molar-refractivity contribution in [3.63, 3.8) is 0 Å². The molecule has 0 bridgehead atoms. The molecule has 0 atom stereocenters. The molecule has 7 heteroatoms. The monoisotopic (exact) mass is 376 g/mol. The number of rotatable bonds is 7. The van der Waals surface area contributed by atoms with E-state index in [1.165, 1.54) is 7.05 Å². The number of para-hydroxylation sites is 1. The van der Waals surface area contributed by atoms with E-state index < -0.39 is 10.0 Å². The molecule has 0 aliphatic heterocycles. The highest BCUT2D eigenvalue weighted by atomic mass is 32.2. The zero-order valence-corrected chi connectivity index (χ0v) is 16.3. The minimum Gasteiger partial charge on any atom is -0.491 e. The molecule has 0 unspecified atom stereocenters. The molecule has 0 aliphatic carbocycles. The number of carbonyl (C=O) groups is 1. The molecule has 26 heavy (non-hydrogen) atoms. The Morgan fingerprint density at radius 3 is 2.54 bits per heavy atom. The Morgan fingerprint density at radius 2 is 1.85 bits per heavy atom. The van der Waals surface area contributed by atoms with E-state index in [4.69, 9.17) is 4.74 Å². The van der Waals surface area contributed by atoms with Gasteiger partial charge in [-0.1, -0.05) is 24.3 Å². The summed E-state index contributed by atoms with van der Waals surface area (Å²) in [6.45, 7) is 4.58. The lowest BCUT2D eigenvalue weighted by Crippen LogP contribution is -2.31. The first-order chi connectivity index (χ1) is 12.2. The molecule has 2 aromatic rings. The molecule has 0 aliphatic rings. The quantitative estimate of drug-likeness (QED) is 0.754. The van der Waals surface area contributed by atoms with E-state index >= 15 is 0 Å². The molecule has 0 spiro atoms. The Hall–Kier alpha value is -2.54. The van der Waals surface area contributed by atoms with Crippen molar-refractivity contribution < 1.29 is 17.9 Å². The Balaban J connectivity index is 2.00. The molecule has 0 radical (unpaired) electrons. The first-order valence-corrected chi connectivity index (χ1v) is 10.1. The summed E-state index contributed by atoms with van der Waals surface area (Å²) in [5.74, 6) is 0.442. The van der Waals surface area contributed by atoms with E-state index in [0.29, 0.717) is 24.4 Å². The van der Waals surface area contributed by atoms with Crippen molar-refractivity contribution in [3.8, 4) is 5.75 Å². The lowest BCUT2D eigenvalue weighted by molar-refractivity contribution is 0.0947. The van der Waals surface area contributed by atoms with Gasteiger partial charge in [0.2, 0.25) is 10.0 Å². The summed E-state index contributed by atoms with van der Waals surface area (Å²) in [5.41, 5.74) is 2.77. The first-order valence-electron chi connectivity index (χ1n) is 8.21. The third kappa shape index (κ3) is 4.98. The molecule has 6 nitrogen and oxygen atoms in total. The maximum Gasteiger partial charge on any atom is 0.253 e. The lowest BCUT2D eigenvalue weighted by Gasteiger charge is -2.19. The maximum atomic E-state index is 12.4. The zero-order chi connectivity index (χ0) is 19.3. The van der Waals surface area contributed by atoms with Gasteiger partial charge in [-0.2, -0.15) is 0 Å². The second kappa shape index (κ2) is 8.23. The molecular weight excluding hydrogens is 352 g/mol.